The Morgan fingerprint density at radius 3 is 3.00 bits per heavy atom. The first-order valence-electron chi connectivity index (χ1n) is 4.55. The molecule has 1 aromatic rings. The standard InChI is InChI=1S/C10H12FNO2/c11-9-5-7(1-2-10(9)12)14-8-3-4-13-6-8/h1-2,5,8H,3-4,6,12H2. The van der Waals surface area contributed by atoms with Crippen LogP contribution in [-0.4, -0.2) is 19.3 Å². The summed E-state index contributed by atoms with van der Waals surface area (Å²) in [5.41, 5.74) is 5.48. The zero-order valence-corrected chi connectivity index (χ0v) is 7.70. The maximum Gasteiger partial charge on any atom is 0.149 e. The molecular formula is C10H12FNO2. The fraction of sp³-hybridized carbons (Fsp3) is 0.400. The minimum atomic E-state index is -0.443. The quantitative estimate of drug-likeness (QED) is 0.732. The number of nitrogens with two attached hydrogens (primary N) is 1. The fourth-order valence-electron chi connectivity index (χ4n) is 1.38. The molecule has 1 aliphatic rings. The molecule has 1 heterocycles. The van der Waals surface area contributed by atoms with E-state index in [1.54, 1.807) is 6.07 Å². The van der Waals surface area contributed by atoms with Gasteiger partial charge in [0.1, 0.15) is 17.7 Å². The van der Waals surface area contributed by atoms with E-state index in [0.717, 1.165) is 6.42 Å². The van der Waals surface area contributed by atoms with Crippen molar-refractivity contribution in [1.82, 2.24) is 0 Å². The van der Waals surface area contributed by atoms with Gasteiger partial charge in [0.05, 0.1) is 18.9 Å². The third-order valence-corrected chi connectivity index (χ3v) is 2.16. The predicted molar refractivity (Wildman–Crippen MR) is 50.7 cm³/mol. The highest BCUT2D eigenvalue weighted by Crippen LogP contribution is 2.21. The molecule has 14 heavy (non-hydrogen) atoms. The van der Waals surface area contributed by atoms with Crippen LogP contribution in [-0.2, 0) is 4.74 Å². The van der Waals surface area contributed by atoms with Crippen LogP contribution in [0.1, 0.15) is 6.42 Å². The van der Waals surface area contributed by atoms with Crippen molar-refractivity contribution in [2.24, 2.45) is 0 Å². The fourth-order valence-corrected chi connectivity index (χ4v) is 1.38. The number of nitrogen functional groups attached to an aromatic ring is 1. The number of rotatable bonds is 2. The monoisotopic (exact) mass is 197 g/mol. The first-order chi connectivity index (χ1) is 6.75. The van der Waals surface area contributed by atoms with Crippen molar-refractivity contribution in [3.05, 3.63) is 24.0 Å². The summed E-state index contributed by atoms with van der Waals surface area (Å²) >= 11 is 0. The molecule has 1 saturated heterocycles. The summed E-state index contributed by atoms with van der Waals surface area (Å²) in [7, 11) is 0. The van der Waals surface area contributed by atoms with E-state index in [0.29, 0.717) is 19.0 Å². The van der Waals surface area contributed by atoms with Crippen molar-refractivity contribution in [1.29, 1.82) is 0 Å². The number of ether oxygens (including phenoxy) is 2. The molecule has 0 saturated carbocycles. The average Bonchev–Trinajstić information content (AvgIpc) is 2.64. The largest absolute Gasteiger partial charge is 0.488 e. The van der Waals surface area contributed by atoms with E-state index in [-0.39, 0.29) is 11.8 Å². The van der Waals surface area contributed by atoms with Gasteiger partial charge >= 0.3 is 0 Å². The van der Waals surface area contributed by atoms with Gasteiger partial charge in [0, 0.05) is 12.5 Å². The first-order valence-corrected chi connectivity index (χ1v) is 4.55. The molecule has 1 atom stereocenters. The lowest BCUT2D eigenvalue weighted by molar-refractivity contribution is 0.141. The molecule has 3 nitrogen and oxygen atoms in total. The van der Waals surface area contributed by atoms with Crippen LogP contribution in [0.15, 0.2) is 18.2 Å². The third-order valence-electron chi connectivity index (χ3n) is 2.16. The molecule has 0 radical (unpaired) electrons. The van der Waals surface area contributed by atoms with Gasteiger partial charge in [-0.15, -0.1) is 0 Å². The summed E-state index contributed by atoms with van der Waals surface area (Å²) in [4.78, 5) is 0. The minimum absolute atomic E-state index is 0.0398. The first kappa shape index (κ1) is 9.27. The van der Waals surface area contributed by atoms with Crippen molar-refractivity contribution in [3.8, 4) is 5.75 Å². The van der Waals surface area contributed by atoms with Gasteiger partial charge < -0.3 is 15.2 Å². The Labute approximate surface area is 81.6 Å². The lowest BCUT2D eigenvalue weighted by Gasteiger charge is -2.11. The molecule has 0 aliphatic carbocycles. The van der Waals surface area contributed by atoms with Gasteiger partial charge in [-0.05, 0) is 12.1 Å². The van der Waals surface area contributed by atoms with E-state index in [9.17, 15) is 4.39 Å². The van der Waals surface area contributed by atoms with Gasteiger partial charge in [-0.25, -0.2) is 4.39 Å². The van der Waals surface area contributed by atoms with Crippen molar-refractivity contribution in [3.63, 3.8) is 0 Å². The van der Waals surface area contributed by atoms with Gasteiger partial charge in [0.15, 0.2) is 0 Å². The topological polar surface area (TPSA) is 44.5 Å². The summed E-state index contributed by atoms with van der Waals surface area (Å²) in [6.07, 6.45) is 0.893. The van der Waals surface area contributed by atoms with Crippen LogP contribution in [0.25, 0.3) is 0 Å². The molecule has 1 aromatic carbocycles. The van der Waals surface area contributed by atoms with Crippen LogP contribution in [0.3, 0.4) is 0 Å². The highest BCUT2D eigenvalue weighted by atomic mass is 19.1. The molecule has 4 heteroatoms. The normalized spacial score (nSPS) is 21.1. The smallest absolute Gasteiger partial charge is 0.149 e. The predicted octanol–water partition coefficient (Wildman–Crippen LogP) is 1.58. The third kappa shape index (κ3) is 1.96. The second-order valence-electron chi connectivity index (χ2n) is 3.29. The zero-order chi connectivity index (χ0) is 9.97. The Hall–Kier alpha value is -1.29. The van der Waals surface area contributed by atoms with Gasteiger partial charge in [-0.2, -0.15) is 0 Å². The lowest BCUT2D eigenvalue weighted by atomic mass is 10.3. The van der Waals surface area contributed by atoms with Gasteiger partial charge in [0.2, 0.25) is 0 Å². The molecule has 76 valence electrons. The Morgan fingerprint density at radius 1 is 1.50 bits per heavy atom. The highest BCUT2D eigenvalue weighted by molar-refractivity contribution is 5.43. The second kappa shape index (κ2) is 3.84. The summed E-state index contributed by atoms with van der Waals surface area (Å²) < 4.78 is 23.6. The number of halogens is 1. The summed E-state index contributed by atoms with van der Waals surface area (Å²) in [5, 5.41) is 0. The average molecular weight is 197 g/mol. The molecule has 2 N–H and O–H groups in total. The van der Waals surface area contributed by atoms with E-state index in [4.69, 9.17) is 15.2 Å². The Kier molecular flexibility index (Phi) is 2.54. The maximum atomic E-state index is 13.0. The number of benzene rings is 1. The van der Waals surface area contributed by atoms with E-state index >= 15 is 0 Å². The van der Waals surface area contributed by atoms with Gasteiger partial charge in [-0.1, -0.05) is 0 Å². The lowest BCUT2D eigenvalue weighted by Crippen LogP contribution is -2.15. The molecule has 1 unspecified atom stereocenters. The number of hydrogen-bond donors (Lipinski definition) is 1. The number of hydrogen-bond acceptors (Lipinski definition) is 3. The molecular weight excluding hydrogens is 185 g/mol. The van der Waals surface area contributed by atoms with Crippen LogP contribution < -0.4 is 10.5 Å². The SMILES string of the molecule is Nc1ccc(OC2CCOC2)cc1F. The molecule has 0 aromatic heterocycles. The Bertz CT molecular complexity index is 324. The molecule has 0 bridgehead atoms. The zero-order valence-electron chi connectivity index (χ0n) is 7.70. The summed E-state index contributed by atoms with van der Waals surface area (Å²) in [6, 6.07) is 4.46. The molecule has 1 aliphatic heterocycles. The molecule has 1 fully saturated rings. The van der Waals surface area contributed by atoms with Crippen molar-refractivity contribution in [2.45, 2.75) is 12.5 Å². The Balaban J connectivity index is 2.05. The van der Waals surface area contributed by atoms with E-state index in [1.807, 2.05) is 0 Å². The van der Waals surface area contributed by atoms with E-state index in [1.165, 1.54) is 12.1 Å². The van der Waals surface area contributed by atoms with Gasteiger partial charge in [-0.3, -0.25) is 0 Å². The maximum absolute atomic E-state index is 13.0. The molecule has 0 amide bonds. The van der Waals surface area contributed by atoms with Crippen LogP contribution >= 0.6 is 0 Å². The molecule has 2 rings (SSSR count). The summed E-state index contributed by atoms with van der Waals surface area (Å²) in [6.45, 7) is 1.29. The highest BCUT2D eigenvalue weighted by Gasteiger charge is 2.17. The second-order valence-corrected chi connectivity index (χ2v) is 3.29. The van der Waals surface area contributed by atoms with Gasteiger partial charge in [0.25, 0.3) is 0 Å². The minimum Gasteiger partial charge on any atom is -0.488 e. The summed E-state index contributed by atoms with van der Waals surface area (Å²) in [5.74, 6) is 0.0635. The Morgan fingerprint density at radius 2 is 2.36 bits per heavy atom. The van der Waals surface area contributed by atoms with Crippen molar-refractivity contribution >= 4 is 5.69 Å². The van der Waals surface area contributed by atoms with Crippen LogP contribution in [0.4, 0.5) is 10.1 Å². The van der Waals surface area contributed by atoms with Crippen LogP contribution in [0.2, 0.25) is 0 Å². The number of anilines is 1. The van der Waals surface area contributed by atoms with Crippen molar-refractivity contribution in [2.75, 3.05) is 18.9 Å². The van der Waals surface area contributed by atoms with Crippen LogP contribution in [0, 0.1) is 5.82 Å². The van der Waals surface area contributed by atoms with E-state index < -0.39 is 5.82 Å². The molecule has 0 spiro atoms. The van der Waals surface area contributed by atoms with E-state index in [2.05, 4.69) is 0 Å². The van der Waals surface area contributed by atoms with Crippen molar-refractivity contribution < 1.29 is 13.9 Å². The van der Waals surface area contributed by atoms with Crippen LogP contribution in [0.5, 0.6) is 5.75 Å².